The molecule has 2 aliphatic heterocycles. The second-order valence-electron chi connectivity index (χ2n) is 7.35. The van der Waals surface area contributed by atoms with E-state index in [1.165, 1.54) is 45.2 Å². The van der Waals surface area contributed by atoms with Crippen molar-refractivity contribution >= 4 is 5.91 Å². The summed E-state index contributed by atoms with van der Waals surface area (Å²) in [6.45, 7) is 7.72. The van der Waals surface area contributed by atoms with Crippen LogP contribution in [-0.4, -0.2) is 66.1 Å². The number of nitrogens with one attached hydrogen (secondary N) is 1. The Bertz CT molecular complexity index is 384. The van der Waals surface area contributed by atoms with E-state index in [0.717, 1.165) is 32.1 Å². The van der Waals surface area contributed by atoms with Crippen LogP contribution in [0.3, 0.4) is 0 Å². The fourth-order valence-corrected chi connectivity index (χ4v) is 3.75. The Morgan fingerprint density at radius 1 is 1.24 bits per heavy atom. The lowest BCUT2D eigenvalue weighted by molar-refractivity contribution is -0.124. The number of fused-ring (bicyclic) bond motifs is 1. The van der Waals surface area contributed by atoms with Crippen molar-refractivity contribution in [2.24, 2.45) is 5.73 Å². The summed E-state index contributed by atoms with van der Waals surface area (Å²) in [7, 11) is 0. The zero-order valence-corrected chi connectivity index (χ0v) is 13.3. The first-order chi connectivity index (χ1) is 10.1. The number of hydrogen-bond donors (Lipinski definition) is 2. The highest BCUT2D eigenvalue weighted by Crippen LogP contribution is 2.25. The SMILES string of the molecule is CC(CCN1CCN2CCCCC2C1)(NC1CC1)C(N)=O. The molecule has 1 saturated carbocycles. The lowest BCUT2D eigenvalue weighted by Crippen LogP contribution is -2.58. The molecule has 1 amide bonds. The van der Waals surface area contributed by atoms with Gasteiger partial charge in [0.2, 0.25) is 5.91 Å². The van der Waals surface area contributed by atoms with Crippen LogP contribution in [0, 0.1) is 0 Å². The third kappa shape index (κ3) is 3.76. The average Bonchev–Trinajstić information content (AvgIpc) is 3.28. The average molecular weight is 294 g/mol. The van der Waals surface area contributed by atoms with Crippen molar-refractivity contribution in [1.29, 1.82) is 0 Å². The summed E-state index contributed by atoms with van der Waals surface area (Å²) in [6, 6.07) is 1.25. The minimum absolute atomic E-state index is 0.203. The van der Waals surface area contributed by atoms with Gasteiger partial charge >= 0.3 is 0 Å². The number of rotatable bonds is 6. The summed E-state index contributed by atoms with van der Waals surface area (Å²) in [5.41, 5.74) is 5.10. The molecule has 0 aromatic carbocycles. The van der Waals surface area contributed by atoms with E-state index in [2.05, 4.69) is 15.1 Å². The van der Waals surface area contributed by atoms with E-state index in [9.17, 15) is 4.79 Å². The first kappa shape index (κ1) is 15.3. The molecule has 2 heterocycles. The lowest BCUT2D eigenvalue weighted by atomic mass is 9.95. The molecule has 120 valence electrons. The van der Waals surface area contributed by atoms with Crippen LogP contribution in [0.15, 0.2) is 0 Å². The van der Waals surface area contributed by atoms with Crippen molar-refractivity contribution in [2.75, 3.05) is 32.7 Å². The van der Waals surface area contributed by atoms with Crippen LogP contribution >= 0.6 is 0 Å². The Balaban J connectivity index is 1.50. The number of nitrogens with zero attached hydrogens (tertiary/aromatic N) is 2. The van der Waals surface area contributed by atoms with Gasteiger partial charge in [0.25, 0.3) is 0 Å². The quantitative estimate of drug-likeness (QED) is 0.751. The van der Waals surface area contributed by atoms with Crippen LogP contribution in [0.2, 0.25) is 0 Å². The molecule has 0 aromatic rings. The molecule has 21 heavy (non-hydrogen) atoms. The monoisotopic (exact) mass is 294 g/mol. The van der Waals surface area contributed by atoms with Crippen LogP contribution < -0.4 is 11.1 Å². The highest BCUT2D eigenvalue weighted by Gasteiger charge is 2.37. The smallest absolute Gasteiger partial charge is 0.237 e. The van der Waals surface area contributed by atoms with Gasteiger partial charge in [-0.05, 0) is 45.6 Å². The first-order valence-electron chi connectivity index (χ1n) is 8.61. The molecule has 0 bridgehead atoms. The molecule has 2 unspecified atom stereocenters. The Hall–Kier alpha value is -0.650. The summed E-state index contributed by atoms with van der Waals surface area (Å²) in [5, 5.41) is 3.45. The third-order valence-corrected chi connectivity index (χ3v) is 5.49. The summed E-state index contributed by atoms with van der Waals surface area (Å²) in [5.74, 6) is -0.203. The Kier molecular flexibility index (Phi) is 4.52. The molecule has 3 fully saturated rings. The number of nitrogens with two attached hydrogens (primary N) is 1. The number of carbonyl (C=O) groups is 1. The highest BCUT2D eigenvalue weighted by atomic mass is 16.1. The van der Waals surface area contributed by atoms with E-state index in [-0.39, 0.29) is 5.91 Å². The lowest BCUT2D eigenvalue weighted by Gasteiger charge is -2.44. The van der Waals surface area contributed by atoms with Crippen LogP contribution in [-0.2, 0) is 4.79 Å². The van der Waals surface area contributed by atoms with Crippen molar-refractivity contribution in [3.05, 3.63) is 0 Å². The molecule has 2 saturated heterocycles. The number of hydrogen-bond acceptors (Lipinski definition) is 4. The number of piperidine rings is 1. The second-order valence-corrected chi connectivity index (χ2v) is 7.35. The fourth-order valence-electron chi connectivity index (χ4n) is 3.75. The standard InChI is InChI=1S/C16H30N4O/c1-16(15(17)21,18-13-5-6-13)7-9-19-10-11-20-8-3-2-4-14(20)12-19/h13-14,18H,2-12H2,1H3,(H2,17,21). The molecule has 5 nitrogen and oxygen atoms in total. The predicted octanol–water partition coefficient (Wildman–Crippen LogP) is 0.543. The molecular formula is C16H30N4O. The molecule has 0 spiro atoms. The van der Waals surface area contributed by atoms with E-state index in [0.29, 0.717) is 6.04 Å². The predicted molar refractivity (Wildman–Crippen MR) is 84.0 cm³/mol. The number of piperazine rings is 1. The highest BCUT2D eigenvalue weighted by molar-refractivity contribution is 5.84. The maximum Gasteiger partial charge on any atom is 0.237 e. The fraction of sp³-hybridized carbons (Fsp3) is 0.938. The van der Waals surface area contributed by atoms with E-state index >= 15 is 0 Å². The van der Waals surface area contributed by atoms with Gasteiger partial charge < -0.3 is 16.0 Å². The molecule has 3 aliphatic rings. The van der Waals surface area contributed by atoms with Gasteiger partial charge in [-0.3, -0.25) is 9.69 Å². The van der Waals surface area contributed by atoms with E-state index in [1.807, 2.05) is 6.92 Å². The zero-order chi connectivity index (χ0) is 14.9. The van der Waals surface area contributed by atoms with Crippen LogP contribution in [0.4, 0.5) is 0 Å². The summed E-state index contributed by atoms with van der Waals surface area (Å²) in [6.07, 6.45) is 7.27. The Morgan fingerprint density at radius 2 is 2.05 bits per heavy atom. The summed E-state index contributed by atoms with van der Waals surface area (Å²) in [4.78, 5) is 17.0. The molecule has 1 aliphatic carbocycles. The van der Waals surface area contributed by atoms with Gasteiger partial charge in [-0.2, -0.15) is 0 Å². The topological polar surface area (TPSA) is 61.6 Å². The van der Waals surface area contributed by atoms with Gasteiger partial charge in [0.05, 0.1) is 5.54 Å². The maximum atomic E-state index is 11.8. The molecule has 2 atom stereocenters. The molecular weight excluding hydrogens is 264 g/mol. The second kappa shape index (κ2) is 6.23. The largest absolute Gasteiger partial charge is 0.368 e. The summed E-state index contributed by atoms with van der Waals surface area (Å²) >= 11 is 0. The van der Waals surface area contributed by atoms with Gasteiger partial charge in [0.15, 0.2) is 0 Å². The van der Waals surface area contributed by atoms with Gasteiger partial charge in [-0.25, -0.2) is 0 Å². The first-order valence-corrected chi connectivity index (χ1v) is 8.61. The van der Waals surface area contributed by atoms with E-state index in [1.54, 1.807) is 0 Å². The van der Waals surface area contributed by atoms with Crippen LogP contribution in [0.25, 0.3) is 0 Å². The van der Waals surface area contributed by atoms with Crippen molar-refractivity contribution < 1.29 is 4.79 Å². The van der Waals surface area contributed by atoms with Gasteiger partial charge in [-0.15, -0.1) is 0 Å². The van der Waals surface area contributed by atoms with Crippen molar-refractivity contribution in [2.45, 2.75) is 63.1 Å². The number of primary amides is 1. The minimum Gasteiger partial charge on any atom is -0.368 e. The number of amides is 1. The third-order valence-electron chi connectivity index (χ3n) is 5.49. The Morgan fingerprint density at radius 3 is 2.76 bits per heavy atom. The zero-order valence-electron chi connectivity index (χ0n) is 13.3. The normalized spacial score (nSPS) is 30.6. The van der Waals surface area contributed by atoms with Gasteiger partial charge in [0, 0.05) is 38.3 Å². The van der Waals surface area contributed by atoms with Gasteiger partial charge in [-0.1, -0.05) is 6.42 Å². The van der Waals surface area contributed by atoms with Crippen molar-refractivity contribution in [3.63, 3.8) is 0 Å². The molecule has 0 aromatic heterocycles. The minimum atomic E-state index is -0.537. The van der Waals surface area contributed by atoms with Crippen LogP contribution in [0.5, 0.6) is 0 Å². The Labute approximate surface area is 128 Å². The van der Waals surface area contributed by atoms with E-state index < -0.39 is 5.54 Å². The van der Waals surface area contributed by atoms with Crippen LogP contribution in [0.1, 0.15) is 45.4 Å². The molecule has 3 rings (SSSR count). The molecule has 5 heteroatoms. The van der Waals surface area contributed by atoms with Gasteiger partial charge in [0.1, 0.15) is 0 Å². The number of carbonyl (C=O) groups excluding carboxylic acids is 1. The molecule has 3 N–H and O–H groups in total. The maximum absolute atomic E-state index is 11.8. The van der Waals surface area contributed by atoms with Crippen molar-refractivity contribution in [3.8, 4) is 0 Å². The van der Waals surface area contributed by atoms with Crippen molar-refractivity contribution in [1.82, 2.24) is 15.1 Å². The molecule has 0 radical (unpaired) electrons. The summed E-state index contributed by atoms with van der Waals surface area (Å²) < 4.78 is 0. The van der Waals surface area contributed by atoms with E-state index in [4.69, 9.17) is 5.73 Å².